The first kappa shape index (κ1) is 20.7. The van der Waals surface area contributed by atoms with Gasteiger partial charge in [0, 0.05) is 6.07 Å². The Labute approximate surface area is 165 Å². The fourth-order valence-electron chi connectivity index (χ4n) is 3.74. The second-order valence-corrected chi connectivity index (χ2v) is 7.27. The van der Waals surface area contributed by atoms with Crippen LogP contribution in [0.25, 0.3) is 0 Å². The van der Waals surface area contributed by atoms with Gasteiger partial charge in [0.1, 0.15) is 23.7 Å². The van der Waals surface area contributed by atoms with Gasteiger partial charge in [0.15, 0.2) is 6.61 Å². The summed E-state index contributed by atoms with van der Waals surface area (Å²) in [5.41, 5.74) is -1.26. The maximum absolute atomic E-state index is 13.5. The lowest BCUT2D eigenvalue weighted by Crippen LogP contribution is -2.54. The highest BCUT2D eigenvalue weighted by molar-refractivity contribution is 6.09. The standard InChI is InChI=1S/C19H21F2N3O5/c1-11-4-2-3-7-19(11)17(27)24(18(28)23-19)9-16(26)29-10-15(25)22-14-6-5-12(20)8-13(14)21/h5-6,8,11H,2-4,7,9-10H2,1H3,(H,22,25)(H,23,28)/t11-,19-/m0/s1. The van der Waals surface area contributed by atoms with Crippen LogP contribution in [0.4, 0.5) is 19.3 Å². The fraction of sp³-hybridized carbons (Fsp3) is 0.474. The van der Waals surface area contributed by atoms with Crippen LogP contribution in [0.5, 0.6) is 0 Å². The first-order valence-electron chi connectivity index (χ1n) is 9.27. The van der Waals surface area contributed by atoms with Crippen molar-refractivity contribution in [3.05, 3.63) is 29.8 Å². The second kappa shape index (κ2) is 8.14. The van der Waals surface area contributed by atoms with Gasteiger partial charge in [-0.05, 0) is 30.9 Å². The smallest absolute Gasteiger partial charge is 0.326 e. The Balaban J connectivity index is 1.53. The molecule has 4 amide bonds. The first-order valence-corrected chi connectivity index (χ1v) is 9.27. The van der Waals surface area contributed by atoms with Gasteiger partial charge in [-0.3, -0.25) is 19.3 Å². The molecular weight excluding hydrogens is 388 g/mol. The van der Waals surface area contributed by atoms with Gasteiger partial charge in [-0.15, -0.1) is 0 Å². The average molecular weight is 409 g/mol. The maximum Gasteiger partial charge on any atom is 0.326 e. The number of amides is 4. The van der Waals surface area contributed by atoms with Crippen molar-refractivity contribution in [2.75, 3.05) is 18.5 Å². The van der Waals surface area contributed by atoms with E-state index in [0.717, 1.165) is 36.3 Å². The summed E-state index contributed by atoms with van der Waals surface area (Å²) in [6.45, 7) is 0.510. The number of carbonyl (C=O) groups is 4. The molecule has 2 N–H and O–H groups in total. The lowest BCUT2D eigenvalue weighted by molar-refractivity contribution is -0.150. The van der Waals surface area contributed by atoms with E-state index in [-0.39, 0.29) is 11.6 Å². The van der Waals surface area contributed by atoms with Crippen LogP contribution in [0.15, 0.2) is 18.2 Å². The highest BCUT2D eigenvalue weighted by atomic mass is 19.1. The minimum Gasteiger partial charge on any atom is -0.454 e. The number of nitrogens with zero attached hydrogens (tertiary/aromatic N) is 1. The fourth-order valence-corrected chi connectivity index (χ4v) is 3.74. The summed E-state index contributed by atoms with van der Waals surface area (Å²) in [4.78, 5) is 49.6. The van der Waals surface area contributed by atoms with Crippen molar-refractivity contribution in [3.8, 4) is 0 Å². The van der Waals surface area contributed by atoms with E-state index in [0.29, 0.717) is 12.5 Å². The number of hydrogen-bond donors (Lipinski definition) is 2. The van der Waals surface area contributed by atoms with E-state index in [1.54, 1.807) is 0 Å². The lowest BCUT2D eigenvalue weighted by Gasteiger charge is -2.36. The van der Waals surface area contributed by atoms with E-state index in [1.807, 2.05) is 6.92 Å². The molecule has 0 unspecified atom stereocenters. The second-order valence-electron chi connectivity index (χ2n) is 7.27. The van der Waals surface area contributed by atoms with Crippen LogP contribution in [-0.4, -0.2) is 47.4 Å². The molecule has 1 aromatic carbocycles. The van der Waals surface area contributed by atoms with E-state index < -0.39 is 54.1 Å². The van der Waals surface area contributed by atoms with Crippen LogP contribution in [0, 0.1) is 17.6 Å². The third-order valence-corrected chi connectivity index (χ3v) is 5.36. The molecular formula is C19H21F2N3O5. The Kier molecular flexibility index (Phi) is 5.81. The number of ether oxygens (including phenoxy) is 1. The van der Waals surface area contributed by atoms with Crippen molar-refractivity contribution in [2.24, 2.45) is 5.92 Å². The van der Waals surface area contributed by atoms with Crippen molar-refractivity contribution < 1.29 is 32.7 Å². The summed E-state index contributed by atoms with van der Waals surface area (Å²) in [6.07, 6.45) is 3.08. The van der Waals surface area contributed by atoms with Gasteiger partial charge in [0.05, 0.1) is 5.69 Å². The Morgan fingerprint density at radius 3 is 2.76 bits per heavy atom. The third kappa shape index (κ3) is 4.20. The van der Waals surface area contributed by atoms with E-state index in [9.17, 15) is 28.0 Å². The number of halogens is 2. The molecule has 1 saturated carbocycles. The van der Waals surface area contributed by atoms with Gasteiger partial charge in [-0.1, -0.05) is 19.8 Å². The molecule has 1 aliphatic heterocycles. The summed E-state index contributed by atoms with van der Waals surface area (Å²) in [5.74, 6) is -4.10. The van der Waals surface area contributed by atoms with Crippen molar-refractivity contribution >= 4 is 29.5 Å². The number of hydrogen-bond acceptors (Lipinski definition) is 5. The normalized spacial score (nSPS) is 23.8. The topological polar surface area (TPSA) is 105 Å². The van der Waals surface area contributed by atoms with E-state index in [2.05, 4.69) is 10.6 Å². The number of benzene rings is 1. The van der Waals surface area contributed by atoms with Crippen LogP contribution in [-0.2, 0) is 19.1 Å². The summed E-state index contributed by atoms with van der Waals surface area (Å²) in [7, 11) is 0. The van der Waals surface area contributed by atoms with Crippen LogP contribution in [0.2, 0.25) is 0 Å². The molecule has 0 bridgehead atoms. The number of urea groups is 1. The molecule has 1 spiro atoms. The highest BCUT2D eigenvalue weighted by Gasteiger charge is 2.55. The monoisotopic (exact) mass is 409 g/mol. The molecule has 0 aromatic heterocycles. The number of esters is 1. The maximum atomic E-state index is 13.5. The van der Waals surface area contributed by atoms with Crippen molar-refractivity contribution in [1.82, 2.24) is 10.2 Å². The predicted octanol–water partition coefficient (Wildman–Crippen LogP) is 1.95. The number of rotatable bonds is 5. The van der Waals surface area contributed by atoms with E-state index in [1.165, 1.54) is 0 Å². The van der Waals surface area contributed by atoms with Crippen LogP contribution >= 0.6 is 0 Å². The van der Waals surface area contributed by atoms with Gasteiger partial charge in [-0.25, -0.2) is 13.6 Å². The molecule has 1 aromatic rings. The predicted molar refractivity (Wildman–Crippen MR) is 96.6 cm³/mol. The number of nitrogens with one attached hydrogen (secondary N) is 2. The molecule has 1 heterocycles. The molecule has 29 heavy (non-hydrogen) atoms. The zero-order valence-corrected chi connectivity index (χ0v) is 15.8. The zero-order valence-electron chi connectivity index (χ0n) is 15.8. The lowest BCUT2D eigenvalue weighted by atomic mass is 9.73. The van der Waals surface area contributed by atoms with Gasteiger partial charge in [0.25, 0.3) is 11.8 Å². The molecule has 1 saturated heterocycles. The quantitative estimate of drug-likeness (QED) is 0.571. The van der Waals surface area contributed by atoms with E-state index in [4.69, 9.17) is 4.74 Å². The van der Waals surface area contributed by atoms with Crippen molar-refractivity contribution in [2.45, 2.75) is 38.1 Å². The van der Waals surface area contributed by atoms with Crippen molar-refractivity contribution in [3.63, 3.8) is 0 Å². The van der Waals surface area contributed by atoms with Crippen LogP contribution < -0.4 is 10.6 Å². The summed E-state index contributed by atoms with van der Waals surface area (Å²) < 4.78 is 31.2. The molecule has 1 aliphatic carbocycles. The van der Waals surface area contributed by atoms with E-state index >= 15 is 0 Å². The number of imide groups is 1. The van der Waals surface area contributed by atoms with Crippen LogP contribution in [0.1, 0.15) is 32.6 Å². The largest absolute Gasteiger partial charge is 0.454 e. The first-order chi connectivity index (χ1) is 13.7. The van der Waals surface area contributed by atoms with Gasteiger partial charge >= 0.3 is 12.0 Å². The average Bonchev–Trinajstić information content (AvgIpc) is 2.90. The molecule has 3 rings (SSSR count). The Morgan fingerprint density at radius 1 is 1.31 bits per heavy atom. The zero-order chi connectivity index (χ0) is 21.2. The third-order valence-electron chi connectivity index (χ3n) is 5.36. The summed E-state index contributed by atoms with van der Waals surface area (Å²) >= 11 is 0. The molecule has 2 fully saturated rings. The summed E-state index contributed by atoms with van der Waals surface area (Å²) in [5, 5.41) is 4.85. The highest BCUT2D eigenvalue weighted by Crippen LogP contribution is 2.38. The van der Waals surface area contributed by atoms with Crippen molar-refractivity contribution in [1.29, 1.82) is 0 Å². The van der Waals surface area contributed by atoms with Gasteiger partial charge in [0.2, 0.25) is 0 Å². The molecule has 0 radical (unpaired) electrons. The summed E-state index contributed by atoms with van der Waals surface area (Å²) in [6, 6.07) is 1.92. The minimum atomic E-state index is -0.993. The van der Waals surface area contributed by atoms with Gasteiger partial charge in [-0.2, -0.15) is 0 Å². The Hall–Kier alpha value is -3.04. The molecule has 156 valence electrons. The molecule has 2 atom stereocenters. The Bertz CT molecular complexity index is 862. The number of carbonyl (C=O) groups excluding carboxylic acids is 4. The van der Waals surface area contributed by atoms with Gasteiger partial charge < -0.3 is 15.4 Å². The number of anilines is 1. The SMILES string of the molecule is C[C@H]1CCCC[C@]12NC(=O)N(CC(=O)OCC(=O)Nc1ccc(F)cc1F)C2=O. The molecule has 8 nitrogen and oxygen atoms in total. The van der Waals surface area contributed by atoms with Crippen LogP contribution in [0.3, 0.4) is 0 Å². The Morgan fingerprint density at radius 2 is 2.07 bits per heavy atom. The minimum absolute atomic E-state index is 0.0508. The molecule has 2 aliphatic rings. The molecule has 10 heteroatoms.